The Balaban J connectivity index is 1.40. The topological polar surface area (TPSA) is 84.9 Å². The molecule has 0 spiro atoms. The van der Waals surface area contributed by atoms with E-state index in [4.69, 9.17) is 9.47 Å². The lowest BCUT2D eigenvalue weighted by molar-refractivity contribution is -0.127. The van der Waals surface area contributed by atoms with Gasteiger partial charge in [0.05, 0.1) is 12.0 Å². The summed E-state index contributed by atoms with van der Waals surface area (Å²) in [7, 11) is 1.54. The number of imide groups is 1. The van der Waals surface area contributed by atoms with E-state index in [0.717, 1.165) is 38.7 Å². The first-order valence-corrected chi connectivity index (χ1v) is 13.2. The summed E-state index contributed by atoms with van der Waals surface area (Å²) in [6, 6.07) is 20.5. The van der Waals surface area contributed by atoms with Crippen LogP contribution >= 0.6 is 27.7 Å². The zero-order valence-electron chi connectivity index (χ0n) is 20.3. The quantitative estimate of drug-likeness (QED) is 0.300. The second-order valence-corrected chi connectivity index (χ2v) is 10.1. The Morgan fingerprint density at radius 2 is 1.70 bits per heavy atom. The molecular weight excluding hydrogens is 556 g/mol. The highest BCUT2D eigenvalue weighted by atomic mass is 79.9. The van der Waals surface area contributed by atoms with E-state index in [9.17, 15) is 14.4 Å². The highest BCUT2D eigenvalue weighted by molar-refractivity contribution is 9.10. The van der Waals surface area contributed by atoms with Crippen LogP contribution in [0.5, 0.6) is 11.5 Å². The van der Waals surface area contributed by atoms with Gasteiger partial charge in [-0.15, -0.1) is 0 Å². The minimum atomic E-state index is -0.513. The van der Waals surface area contributed by atoms with E-state index in [2.05, 4.69) is 21.2 Å². The Hall–Kier alpha value is -3.56. The van der Waals surface area contributed by atoms with Crippen molar-refractivity contribution in [3.63, 3.8) is 0 Å². The molecule has 9 heteroatoms. The first-order chi connectivity index (χ1) is 17.9. The Labute approximate surface area is 228 Å². The molecule has 1 saturated heterocycles. The highest BCUT2D eigenvalue weighted by Gasteiger charge is 2.36. The molecule has 0 bridgehead atoms. The molecule has 1 fully saturated rings. The van der Waals surface area contributed by atoms with Gasteiger partial charge in [0, 0.05) is 10.2 Å². The summed E-state index contributed by atoms with van der Waals surface area (Å²) in [5, 5.41) is 2.24. The highest BCUT2D eigenvalue weighted by Crippen LogP contribution is 2.34. The Morgan fingerprint density at radius 3 is 2.38 bits per heavy atom. The number of rotatable bonds is 9. The van der Waals surface area contributed by atoms with Gasteiger partial charge in [-0.25, -0.2) is 0 Å². The average Bonchev–Trinajstić information content (AvgIpc) is 3.16. The lowest BCUT2D eigenvalue weighted by Gasteiger charge is -2.13. The normalized spacial score (nSPS) is 14.2. The van der Waals surface area contributed by atoms with Crippen LogP contribution in [0.15, 0.2) is 76.1 Å². The van der Waals surface area contributed by atoms with Gasteiger partial charge >= 0.3 is 0 Å². The van der Waals surface area contributed by atoms with Crippen LogP contribution in [0.25, 0.3) is 6.08 Å². The number of carbonyl (C=O) groups is 3. The van der Waals surface area contributed by atoms with E-state index < -0.39 is 17.1 Å². The lowest BCUT2D eigenvalue weighted by Crippen LogP contribution is -2.36. The summed E-state index contributed by atoms with van der Waals surface area (Å²) in [5.74, 6) is 0.0978. The number of hydrogen-bond donors (Lipinski definition) is 1. The number of amides is 3. The van der Waals surface area contributed by atoms with Crippen LogP contribution in [-0.4, -0.2) is 35.6 Å². The van der Waals surface area contributed by atoms with Crippen molar-refractivity contribution in [1.29, 1.82) is 0 Å². The van der Waals surface area contributed by atoms with Crippen LogP contribution in [0, 0.1) is 0 Å². The molecule has 0 unspecified atom stereocenters. The molecule has 0 aromatic heterocycles. The third-order valence-electron chi connectivity index (χ3n) is 5.61. The average molecular weight is 581 g/mol. The summed E-state index contributed by atoms with van der Waals surface area (Å²) in [5.41, 5.74) is 3.43. The molecule has 0 aliphatic carbocycles. The van der Waals surface area contributed by atoms with Crippen molar-refractivity contribution in [2.75, 3.05) is 19.0 Å². The second kappa shape index (κ2) is 12.1. The molecule has 1 heterocycles. The molecule has 4 rings (SSSR count). The third kappa shape index (κ3) is 6.81. The molecule has 1 N–H and O–H groups in total. The van der Waals surface area contributed by atoms with Crippen molar-refractivity contribution in [1.82, 2.24) is 4.90 Å². The first kappa shape index (κ1) is 26.5. The van der Waals surface area contributed by atoms with Crippen LogP contribution < -0.4 is 14.8 Å². The smallest absolute Gasteiger partial charge is 0.294 e. The molecule has 3 aromatic carbocycles. The van der Waals surface area contributed by atoms with E-state index >= 15 is 0 Å². The number of methoxy groups -OCH3 is 1. The molecular formula is C28H25BrN2O5S. The van der Waals surface area contributed by atoms with Crippen LogP contribution in [0.2, 0.25) is 0 Å². The fourth-order valence-electron chi connectivity index (χ4n) is 3.59. The number of carbonyl (C=O) groups excluding carboxylic acids is 3. The predicted octanol–water partition coefficient (Wildman–Crippen LogP) is 6.27. The molecule has 3 aromatic rings. The van der Waals surface area contributed by atoms with Crippen LogP contribution in [0.3, 0.4) is 0 Å². The second-order valence-electron chi connectivity index (χ2n) is 8.19. The van der Waals surface area contributed by atoms with Crippen LogP contribution in [-0.2, 0) is 22.6 Å². The summed E-state index contributed by atoms with van der Waals surface area (Å²) in [6.07, 6.45) is 2.50. The molecule has 3 amide bonds. The molecule has 0 radical (unpaired) electrons. The molecule has 1 aliphatic rings. The zero-order chi connectivity index (χ0) is 26.4. The largest absolute Gasteiger partial charge is 0.493 e. The SMILES string of the molecule is CCc1ccc(NC(=O)CN2C(=O)S/C(=C\c3ccc(OCc4ccc(Br)cc4)c(OC)c3)C2=O)cc1. The van der Waals surface area contributed by atoms with Crippen LogP contribution in [0.4, 0.5) is 10.5 Å². The van der Waals surface area contributed by atoms with Crippen molar-refractivity contribution >= 4 is 56.5 Å². The van der Waals surface area contributed by atoms with Gasteiger partial charge in [0.1, 0.15) is 13.2 Å². The molecule has 37 heavy (non-hydrogen) atoms. The maximum absolute atomic E-state index is 12.9. The Morgan fingerprint density at radius 1 is 1.00 bits per heavy atom. The molecule has 0 saturated carbocycles. The number of nitrogens with one attached hydrogen (secondary N) is 1. The monoisotopic (exact) mass is 580 g/mol. The fraction of sp³-hybridized carbons (Fsp3) is 0.179. The predicted molar refractivity (Wildman–Crippen MR) is 149 cm³/mol. The molecule has 7 nitrogen and oxygen atoms in total. The summed E-state index contributed by atoms with van der Waals surface area (Å²) >= 11 is 4.21. The minimum Gasteiger partial charge on any atom is -0.493 e. The van der Waals surface area contributed by atoms with E-state index in [1.54, 1.807) is 36.4 Å². The maximum atomic E-state index is 12.9. The Bertz CT molecular complexity index is 1340. The van der Waals surface area contributed by atoms with E-state index in [1.807, 2.05) is 43.3 Å². The number of thioether (sulfide) groups is 1. The maximum Gasteiger partial charge on any atom is 0.294 e. The van der Waals surface area contributed by atoms with Gasteiger partial charge in [0.25, 0.3) is 11.1 Å². The van der Waals surface area contributed by atoms with E-state index in [-0.39, 0.29) is 11.4 Å². The zero-order valence-corrected chi connectivity index (χ0v) is 22.7. The van der Waals surface area contributed by atoms with Crippen LogP contribution in [0.1, 0.15) is 23.6 Å². The summed E-state index contributed by atoms with van der Waals surface area (Å²) in [6.45, 7) is 2.06. The number of halogens is 1. The number of aryl methyl sites for hydroxylation is 1. The number of ether oxygens (including phenoxy) is 2. The van der Waals surface area contributed by atoms with Gasteiger partial charge in [-0.3, -0.25) is 19.3 Å². The van der Waals surface area contributed by atoms with Gasteiger partial charge in [0.15, 0.2) is 11.5 Å². The van der Waals surface area contributed by atoms with Gasteiger partial charge < -0.3 is 14.8 Å². The standard InChI is InChI=1S/C28H25BrN2O5S/c1-3-18-6-11-22(12-7-18)30-26(32)16-31-27(33)25(37-28(31)34)15-20-8-13-23(24(14-20)35-2)36-17-19-4-9-21(29)10-5-19/h4-15H,3,16-17H2,1-2H3,(H,30,32)/b25-15-. The van der Waals surface area contributed by atoms with E-state index in [0.29, 0.717) is 29.4 Å². The summed E-state index contributed by atoms with van der Waals surface area (Å²) < 4.78 is 12.4. The van der Waals surface area contributed by atoms with Gasteiger partial charge in [0.2, 0.25) is 5.91 Å². The van der Waals surface area contributed by atoms with Gasteiger partial charge in [-0.05, 0) is 77.3 Å². The van der Waals surface area contributed by atoms with E-state index in [1.165, 1.54) is 7.11 Å². The van der Waals surface area contributed by atoms with Crippen molar-refractivity contribution in [3.8, 4) is 11.5 Å². The fourth-order valence-corrected chi connectivity index (χ4v) is 4.69. The number of hydrogen-bond acceptors (Lipinski definition) is 6. The molecule has 190 valence electrons. The van der Waals surface area contributed by atoms with Gasteiger partial charge in [-0.2, -0.15) is 0 Å². The van der Waals surface area contributed by atoms with Gasteiger partial charge in [-0.1, -0.05) is 53.2 Å². The number of benzene rings is 3. The lowest BCUT2D eigenvalue weighted by atomic mass is 10.1. The van der Waals surface area contributed by atoms with Crippen molar-refractivity contribution in [3.05, 3.63) is 92.8 Å². The first-order valence-electron chi connectivity index (χ1n) is 11.6. The Kier molecular flexibility index (Phi) is 8.68. The van der Waals surface area contributed by atoms with Crippen molar-refractivity contribution < 1.29 is 23.9 Å². The summed E-state index contributed by atoms with van der Waals surface area (Å²) in [4.78, 5) is 39.0. The minimum absolute atomic E-state index is 0.232. The molecule has 1 aliphatic heterocycles. The van der Waals surface area contributed by atoms with Crippen molar-refractivity contribution in [2.24, 2.45) is 0 Å². The molecule has 0 atom stereocenters. The number of anilines is 1. The third-order valence-corrected chi connectivity index (χ3v) is 7.05. The van der Waals surface area contributed by atoms with Crippen molar-refractivity contribution in [2.45, 2.75) is 20.0 Å². The number of nitrogens with zero attached hydrogens (tertiary/aromatic N) is 1.